The molecule has 1 fully saturated rings. The third kappa shape index (κ3) is 4.98. The molecule has 1 saturated heterocycles. The number of hydrogen-bond donors (Lipinski definition) is 1. The number of carbonyl (C=O) groups is 1. The molecule has 5 rings (SSSR count). The Morgan fingerprint density at radius 1 is 1.02 bits per heavy atom. The van der Waals surface area contributed by atoms with Gasteiger partial charge < -0.3 is 19.4 Å². The van der Waals surface area contributed by atoms with Gasteiger partial charge in [-0.15, -0.1) is 11.3 Å². The molecule has 0 spiro atoms. The summed E-state index contributed by atoms with van der Waals surface area (Å²) < 4.78 is 38.2. The second-order valence-corrected chi connectivity index (χ2v) is 12.5. The topological polar surface area (TPSA) is 122 Å². The van der Waals surface area contributed by atoms with Crippen LogP contribution < -0.4 is 15.0 Å². The normalized spacial score (nSPS) is 14.4. The zero-order valence-corrected chi connectivity index (χ0v) is 24.3. The van der Waals surface area contributed by atoms with E-state index in [1.54, 1.807) is 35.2 Å². The highest BCUT2D eigenvalue weighted by Crippen LogP contribution is 2.31. The quantitative estimate of drug-likeness (QED) is 0.353. The number of H-pyrrole nitrogens is 1. The predicted octanol–water partition coefficient (Wildman–Crippen LogP) is 3.69. The minimum atomic E-state index is -3.77. The number of carbonyl (C=O) groups excluding carboxylic acids is 1. The standard InChI is InChI=1S/C28H30N4O6S2/c1-5-21-17(2)39-27-24(21)26(33)29-25(30-27)18-6-8-19(9-7-18)28(34)31-12-14-32(15-13-31)40(35,36)20-10-11-22(37-3)23(16-20)38-4/h6-11,16H,5,12-15H2,1-4H3,(H,29,30,33). The van der Waals surface area contributed by atoms with Crippen LogP contribution in [0.4, 0.5) is 0 Å². The molecule has 3 heterocycles. The lowest BCUT2D eigenvalue weighted by Gasteiger charge is -2.34. The summed E-state index contributed by atoms with van der Waals surface area (Å²) in [5, 5.41) is 0.646. The summed E-state index contributed by atoms with van der Waals surface area (Å²) in [6.07, 6.45) is 0.767. The maximum Gasteiger partial charge on any atom is 0.260 e. The van der Waals surface area contributed by atoms with Crippen molar-refractivity contribution < 1.29 is 22.7 Å². The van der Waals surface area contributed by atoms with Crippen LogP contribution in [0.15, 0.2) is 52.2 Å². The fraction of sp³-hybridized carbons (Fsp3) is 0.321. The van der Waals surface area contributed by atoms with Crippen molar-refractivity contribution in [1.82, 2.24) is 19.2 Å². The van der Waals surface area contributed by atoms with Gasteiger partial charge in [-0.1, -0.05) is 19.1 Å². The number of aromatic nitrogens is 2. The van der Waals surface area contributed by atoms with Gasteiger partial charge >= 0.3 is 0 Å². The van der Waals surface area contributed by atoms with E-state index in [2.05, 4.69) is 9.97 Å². The van der Waals surface area contributed by atoms with E-state index in [4.69, 9.17) is 9.47 Å². The van der Waals surface area contributed by atoms with Gasteiger partial charge in [0.15, 0.2) is 11.5 Å². The molecule has 1 aliphatic heterocycles. The van der Waals surface area contributed by atoms with Crippen molar-refractivity contribution in [1.29, 1.82) is 0 Å². The number of aromatic amines is 1. The average molecular weight is 583 g/mol. The van der Waals surface area contributed by atoms with E-state index in [1.165, 1.54) is 42.0 Å². The van der Waals surface area contributed by atoms with Gasteiger partial charge in [0, 0.05) is 48.2 Å². The summed E-state index contributed by atoms with van der Waals surface area (Å²) in [5.41, 5.74) is 2.04. The molecule has 0 atom stereocenters. The molecule has 0 bridgehead atoms. The van der Waals surface area contributed by atoms with Crippen LogP contribution in [-0.2, 0) is 16.4 Å². The molecule has 0 unspecified atom stereocenters. The molecule has 1 aliphatic rings. The van der Waals surface area contributed by atoms with Gasteiger partial charge in [-0.3, -0.25) is 9.59 Å². The lowest BCUT2D eigenvalue weighted by atomic mass is 10.1. The van der Waals surface area contributed by atoms with E-state index in [0.717, 1.165) is 16.9 Å². The Balaban J connectivity index is 1.28. The highest BCUT2D eigenvalue weighted by atomic mass is 32.2. The molecule has 4 aromatic rings. The Morgan fingerprint density at radius 2 is 1.70 bits per heavy atom. The van der Waals surface area contributed by atoms with Crippen molar-refractivity contribution in [3.63, 3.8) is 0 Å². The molecule has 10 nitrogen and oxygen atoms in total. The summed E-state index contributed by atoms with van der Waals surface area (Å²) in [4.78, 5) is 37.1. The summed E-state index contributed by atoms with van der Waals surface area (Å²) in [7, 11) is -0.831. The zero-order valence-electron chi connectivity index (χ0n) is 22.7. The van der Waals surface area contributed by atoms with Gasteiger partial charge in [-0.25, -0.2) is 13.4 Å². The number of hydrogen-bond acceptors (Lipinski definition) is 8. The van der Waals surface area contributed by atoms with E-state index in [1.807, 2.05) is 13.8 Å². The smallest absolute Gasteiger partial charge is 0.260 e. The second kappa shape index (κ2) is 11.0. The SMILES string of the molecule is CCc1c(C)sc2nc(-c3ccc(C(=O)N4CCN(S(=O)(=O)c5ccc(OC)c(OC)c5)CC4)cc3)[nH]c(=O)c12. The number of thiophene rings is 1. The van der Waals surface area contributed by atoms with E-state index in [9.17, 15) is 18.0 Å². The van der Waals surface area contributed by atoms with E-state index in [0.29, 0.717) is 38.7 Å². The lowest BCUT2D eigenvalue weighted by molar-refractivity contribution is 0.0698. The number of fused-ring (bicyclic) bond motifs is 1. The molecule has 0 saturated carbocycles. The third-order valence-electron chi connectivity index (χ3n) is 7.14. The van der Waals surface area contributed by atoms with Crippen LogP contribution in [0.1, 0.15) is 27.7 Å². The Kier molecular flexibility index (Phi) is 7.67. The van der Waals surface area contributed by atoms with Gasteiger partial charge in [0.25, 0.3) is 11.5 Å². The summed E-state index contributed by atoms with van der Waals surface area (Å²) in [6, 6.07) is 11.4. The highest BCUT2D eigenvalue weighted by molar-refractivity contribution is 7.89. The molecule has 1 N–H and O–H groups in total. The largest absolute Gasteiger partial charge is 0.493 e. The highest BCUT2D eigenvalue weighted by Gasteiger charge is 2.31. The van der Waals surface area contributed by atoms with Crippen LogP contribution >= 0.6 is 11.3 Å². The first-order valence-corrected chi connectivity index (χ1v) is 15.1. The van der Waals surface area contributed by atoms with E-state index >= 15 is 0 Å². The van der Waals surface area contributed by atoms with Gasteiger partial charge in [0.05, 0.1) is 24.5 Å². The fourth-order valence-corrected chi connectivity index (χ4v) is 7.50. The van der Waals surface area contributed by atoms with Crippen LogP contribution in [0.25, 0.3) is 21.6 Å². The van der Waals surface area contributed by atoms with Crippen molar-refractivity contribution in [3.05, 3.63) is 68.8 Å². The van der Waals surface area contributed by atoms with Crippen LogP contribution in [0, 0.1) is 6.92 Å². The van der Waals surface area contributed by atoms with Gasteiger partial charge in [0.1, 0.15) is 10.7 Å². The Bertz CT molecular complexity index is 1740. The number of nitrogens with zero attached hydrogens (tertiary/aromatic N) is 3. The van der Waals surface area contributed by atoms with E-state index < -0.39 is 10.0 Å². The first-order valence-electron chi connectivity index (χ1n) is 12.8. The number of amides is 1. The molecule has 0 aliphatic carbocycles. The second-order valence-electron chi connectivity index (χ2n) is 9.38. The van der Waals surface area contributed by atoms with Crippen LogP contribution in [0.2, 0.25) is 0 Å². The third-order valence-corrected chi connectivity index (χ3v) is 10.1. The minimum absolute atomic E-state index is 0.106. The number of nitrogens with one attached hydrogen (secondary N) is 1. The number of sulfonamides is 1. The average Bonchev–Trinajstić information content (AvgIpc) is 3.31. The van der Waals surface area contributed by atoms with Crippen molar-refractivity contribution >= 4 is 37.5 Å². The van der Waals surface area contributed by atoms with Gasteiger partial charge in [-0.05, 0) is 43.2 Å². The van der Waals surface area contributed by atoms with Crippen LogP contribution in [-0.4, -0.2) is 73.9 Å². The first-order chi connectivity index (χ1) is 19.2. The number of ether oxygens (including phenoxy) is 2. The molecular weight excluding hydrogens is 552 g/mol. The first kappa shape index (κ1) is 27.8. The number of methoxy groups -OCH3 is 2. The lowest BCUT2D eigenvalue weighted by Crippen LogP contribution is -2.50. The number of piperazine rings is 1. The molecule has 1 amide bonds. The maximum atomic E-state index is 13.2. The number of rotatable bonds is 7. The van der Waals surface area contributed by atoms with Gasteiger partial charge in [-0.2, -0.15) is 4.31 Å². The Hall–Kier alpha value is -3.74. The summed E-state index contributed by atoms with van der Waals surface area (Å²) in [5.74, 6) is 1.04. The monoisotopic (exact) mass is 582 g/mol. The zero-order chi connectivity index (χ0) is 28.6. The Morgan fingerprint density at radius 3 is 2.33 bits per heavy atom. The van der Waals surface area contributed by atoms with Crippen LogP contribution in [0.5, 0.6) is 11.5 Å². The number of benzene rings is 2. The number of aryl methyl sites for hydroxylation is 2. The molecule has 12 heteroatoms. The van der Waals surface area contributed by atoms with Crippen molar-refractivity contribution in [2.24, 2.45) is 0 Å². The molecule has 0 radical (unpaired) electrons. The van der Waals surface area contributed by atoms with Crippen molar-refractivity contribution in [3.8, 4) is 22.9 Å². The molecule has 2 aromatic carbocycles. The minimum Gasteiger partial charge on any atom is -0.493 e. The maximum absolute atomic E-state index is 13.2. The summed E-state index contributed by atoms with van der Waals surface area (Å²) in [6.45, 7) is 4.88. The molecular formula is C28H30N4O6S2. The van der Waals surface area contributed by atoms with Crippen molar-refractivity contribution in [2.45, 2.75) is 25.2 Å². The molecule has 2 aromatic heterocycles. The van der Waals surface area contributed by atoms with Crippen molar-refractivity contribution in [2.75, 3.05) is 40.4 Å². The van der Waals surface area contributed by atoms with Crippen LogP contribution in [0.3, 0.4) is 0 Å². The summed E-state index contributed by atoms with van der Waals surface area (Å²) >= 11 is 1.51. The van der Waals surface area contributed by atoms with E-state index in [-0.39, 0.29) is 42.5 Å². The Labute approximate surface area is 236 Å². The molecule has 40 heavy (non-hydrogen) atoms. The predicted molar refractivity (Wildman–Crippen MR) is 154 cm³/mol. The molecule has 210 valence electrons. The fourth-order valence-electron chi connectivity index (χ4n) is 4.95. The van der Waals surface area contributed by atoms with Gasteiger partial charge in [0.2, 0.25) is 10.0 Å².